The van der Waals surface area contributed by atoms with Gasteiger partial charge in [-0.3, -0.25) is 19.4 Å². The number of H-pyrrole nitrogens is 1. The van der Waals surface area contributed by atoms with Gasteiger partial charge in [-0.1, -0.05) is 6.07 Å². The number of hydrogen-bond donors (Lipinski definition) is 2. The Labute approximate surface area is 198 Å². The van der Waals surface area contributed by atoms with Crippen LogP contribution in [0.3, 0.4) is 0 Å². The van der Waals surface area contributed by atoms with Crippen LogP contribution in [0.15, 0.2) is 18.2 Å². The van der Waals surface area contributed by atoms with Crippen molar-refractivity contribution in [3.63, 3.8) is 0 Å². The molecule has 0 atom stereocenters. The minimum Gasteiger partial charge on any atom is -0.490 e. The van der Waals surface area contributed by atoms with E-state index in [0.717, 1.165) is 72.8 Å². The third kappa shape index (κ3) is 3.32. The van der Waals surface area contributed by atoms with Crippen LogP contribution in [0.5, 0.6) is 5.75 Å². The fourth-order valence-electron chi connectivity index (χ4n) is 5.73. The molecule has 0 spiro atoms. The second-order valence-corrected chi connectivity index (χ2v) is 9.21. The largest absolute Gasteiger partial charge is 0.490 e. The summed E-state index contributed by atoms with van der Waals surface area (Å²) in [6.07, 6.45) is 2.74. The number of aryl methyl sites for hydroxylation is 1. The standard InChI is InChI=1S/C26H30N4O4/c1-2-33-13-14-34-19-8-4-7-18-21(19)22-23-20(16-5-3-6-17(16)24(22)28-18)25(31)30(26(23)32)15-29-11-9-27-10-12-29/h4,7-8,27-28H,2-3,5-6,9-15H2,1H3. The van der Waals surface area contributed by atoms with E-state index in [9.17, 15) is 9.59 Å². The number of benzene rings is 2. The lowest BCUT2D eigenvalue weighted by molar-refractivity contribution is 0.0528. The van der Waals surface area contributed by atoms with E-state index in [1.165, 1.54) is 10.5 Å². The Morgan fingerprint density at radius 3 is 2.59 bits per heavy atom. The van der Waals surface area contributed by atoms with Crippen LogP contribution in [0.4, 0.5) is 0 Å². The average molecular weight is 463 g/mol. The molecule has 3 heterocycles. The molecule has 1 fully saturated rings. The van der Waals surface area contributed by atoms with E-state index in [-0.39, 0.29) is 11.8 Å². The summed E-state index contributed by atoms with van der Waals surface area (Å²) in [6.45, 7) is 7.25. The van der Waals surface area contributed by atoms with Crippen molar-refractivity contribution in [2.45, 2.75) is 26.2 Å². The Bertz CT molecular complexity index is 1290. The molecule has 2 aromatic carbocycles. The summed E-state index contributed by atoms with van der Waals surface area (Å²) in [4.78, 5) is 34.7. The summed E-state index contributed by atoms with van der Waals surface area (Å²) in [5, 5.41) is 5.04. The molecule has 178 valence electrons. The number of imide groups is 1. The van der Waals surface area contributed by atoms with Gasteiger partial charge in [-0.2, -0.15) is 0 Å². The molecule has 0 saturated carbocycles. The predicted molar refractivity (Wildman–Crippen MR) is 130 cm³/mol. The molecule has 8 heteroatoms. The number of nitrogens with zero attached hydrogens (tertiary/aromatic N) is 2. The fraction of sp³-hybridized carbons (Fsp3) is 0.462. The smallest absolute Gasteiger partial charge is 0.263 e. The SMILES string of the molecule is CCOCCOc1cccc2[nH]c3c4c(c5c(c3c12)C(=O)N(CN1CCNCC1)C5=O)CCC4. The van der Waals surface area contributed by atoms with Crippen LogP contribution in [0.1, 0.15) is 45.2 Å². The zero-order valence-electron chi connectivity index (χ0n) is 19.5. The summed E-state index contributed by atoms with van der Waals surface area (Å²) in [7, 11) is 0. The molecule has 0 bridgehead atoms. The van der Waals surface area contributed by atoms with E-state index in [0.29, 0.717) is 43.4 Å². The second-order valence-electron chi connectivity index (χ2n) is 9.21. The van der Waals surface area contributed by atoms with Crippen LogP contribution in [-0.2, 0) is 17.6 Å². The van der Waals surface area contributed by atoms with E-state index >= 15 is 0 Å². The van der Waals surface area contributed by atoms with Crippen molar-refractivity contribution in [3.8, 4) is 5.75 Å². The van der Waals surface area contributed by atoms with Gasteiger partial charge in [0.2, 0.25) is 0 Å². The molecule has 3 aliphatic rings. The topological polar surface area (TPSA) is 86.9 Å². The number of aromatic nitrogens is 1. The van der Waals surface area contributed by atoms with Gasteiger partial charge >= 0.3 is 0 Å². The number of aromatic amines is 1. The molecule has 6 rings (SSSR count). The number of piperazine rings is 1. The van der Waals surface area contributed by atoms with E-state index < -0.39 is 0 Å². The Morgan fingerprint density at radius 1 is 0.971 bits per heavy atom. The van der Waals surface area contributed by atoms with Gasteiger partial charge in [0.1, 0.15) is 12.4 Å². The monoisotopic (exact) mass is 462 g/mol. The molecule has 1 saturated heterocycles. The maximum atomic E-state index is 13.8. The van der Waals surface area contributed by atoms with Crippen molar-refractivity contribution in [1.82, 2.24) is 20.1 Å². The quantitative estimate of drug-likeness (QED) is 0.415. The van der Waals surface area contributed by atoms with Crippen molar-refractivity contribution in [2.75, 3.05) is 52.7 Å². The predicted octanol–water partition coefficient (Wildman–Crippen LogP) is 2.68. The molecule has 1 aliphatic carbocycles. The Hall–Kier alpha value is -2.94. The first-order valence-electron chi connectivity index (χ1n) is 12.3. The molecule has 0 unspecified atom stereocenters. The molecule has 34 heavy (non-hydrogen) atoms. The zero-order valence-corrected chi connectivity index (χ0v) is 19.5. The third-order valence-electron chi connectivity index (χ3n) is 7.27. The molecule has 3 aromatic rings. The number of carbonyl (C=O) groups excluding carboxylic acids is 2. The van der Waals surface area contributed by atoms with Gasteiger partial charge in [-0.05, 0) is 49.4 Å². The number of ether oxygens (including phenoxy) is 2. The van der Waals surface area contributed by atoms with Crippen LogP contribution < -0.4 is 10.1 Å². The third-order valence-corrected chi connectivity index (χ3v) is 7.27. The lowest BCUT2D eigenvalue weighted by Crippen LogP contribution is -2.49. The Balaban J connectivity index is 1.50. The van der Waals surface area contributed by atoms with Crippen molar-refractivity contribution >= 4 is 33.6 Å². The van der Waals surface area contributed by atoms with Crippen LogP contribution >= 0.6 is 0 Å². The number of rotatable bonds is 7. The summed E-state index contributed by atoms with van der Waals surface area (Å²) in [5.74, 6) is 0.371. The van der Waals surface area contributed by atoms with E-state index in [1.54, 1.807) is 0 Å². The van der Waals surface area contributed by atoms with Crippen molar-refractivity contribution in [2.24, 2.45) is 0 Å². The van der Waals surface area contributed by atoms with E-state index in [2.05, 4.69) is 15.2 Å². The summed E-state index contributed by atoms with van der Waals surface area (Å²) in [6, 6.07) is 5.90. The molecule has 2 aliphatic heterocycles. The minimum absolute atomic E-state index is 0.150. The number of hydrogen-bond acceptors (Lipinski definition) is 6. The molecular formula is C26H30N4O4. The van der Waals surface area contributed by atoms with Crippen LogP contribution in [0.25, 0.3) is 21.8 Å². The van der Waals surface area contributed by atoms with Crippen LogP contribution in [0.2, 0.25) is 0 Å². The highest BCUT2D eigenvalue weighted by Gasteiger charge is 2.43. The molecular weight excluding hydrogens is 432 g/mol. The van der Waals surface area contributed by atoms with Gasteiger partial charge in [0.15, 0.2) is 0 Å². The molecule has 8 nitrogen and oxygen atoms in total. The second kappa shape index (κ2) is 8.69. The first-order valence-corrected chi connectivity index (χ1v) is 12.3. The zero-order chi connectivity index (χ0) is 23.2. The number of fused-ring (bicyclic) bond motifs is 8. The minimum atomic E-state index is -0.191. The van der Waals surface area contributed by atoms with Gasteiger partial charge in [-0.15, -0.1) is 0 Å². The number of amides is 2. The lowest BCUT2D eigenvalue weighted by Gasteiger charge is -2.30. The van der Waals surface area contributed by atoms with Crippen molar-refractivity contribution < 1.29 is 19.1 Å². The summed E-state index contributed by atoms with van der Waals surface area (Å²) in [5.41, 5.74) is 5.29. The molecule has 0 radical (unpaired) electrons. The van der Waals surface area contributed by atoms with Gasteiger partial charge in [0.05, 0.1) is 40.8 Å². The maximum absolute atomic E-state index is 13.8. The number of carbonyl (C=O) groups is 2. The molecule has 1 aromatic heterocycles. The van der Waals surface area contributed by atoms with Gasteiger partial charge in [-0.25, -0.2) is 0 Å². The molecule has 2 N–H and O–H groups in total. The van der Waals surface area contributed by atoms with E-state index in [1.807, 2.05) is 25.1 Å². The Kier molecular flexibility index (Phi) is 5.51. The van der Waals surface area contributed by atoms with E-state index in [4.69, 9.17) is 9.47 Å². The average Bonchev–Trinajstić information content (AvgIpc) is 3.54. The van der Waals surface area contributed by atoms with Crippen LogP contribution in [-0.4, -0.2) is 79.3 Å². The normalized spacial score (nSPS) is 18.3. The first kappa shape index (κ1) is 21.6. The number of nitrogens with one attached hydrogen (secondary N) is 2. The Morgan fingerprint density at radius 2 is 1.76 bits per heavy atom. The van der Waals surface area contributed by atoms with Gasteiger partial charge in [0.25, 0.3) is 11.8 Å². The highest BCUT2D eigenvalue weighted by molar-refractivity contribution is 6.31. The summed E-state index contributed by atoms with van der Waals surface area (Å²) < 4.78 is 11.5. The van der Waals surface area contributed by atoms with Crippen LogP contribution in [0, 0.1) is 0 Å². The van der Waals surface area contributed by atoms with Gasteiger partial charge in [0, 0.05) is 38.2 Å². The fourth-order valence-corrected chi connectivity index (χ4v) is 5.73. The van der Waals surface area contributed by atoms with Gasteiger partial charge < -0.3 is 19.8 Å². The highest BCUT2D eigenvalue weighted by atomic mass is 16.5. The lowest BCUT2D eigenvalue weighted by atomic mass is 9.93. The highest BCUT2D eigenvalue weighted by Crippen LogP contribution is 2.45. The summed E-state index contributed by atoms with van der Waals surface area (Å²) >= 11 is 0. The van der Waals surface area contributed by atoms with Crippen molar-refractivity contribution in [3.05, 3.63) is 40.5 Å². The first-order chi connectivity index (χ1) is 16.7. The maximum Gasteiger partial charge on any atom is 0.263 e. The molecule has 2 amide bonds. The van der Waals surface area contributed by atoms with Crippen molar-refractivity contribution in [1.29, 1.82) is 0 Å².